The quantitative estimate of drug-likeness (QED) is 0.914. The van der Waals surface area contributed by atoms with E-state index in [0.717, 1.165) is 12.1 Å². The maximum atomic E-state index is 12.7. The molecule has 1 aromatic heterocycles. The van der Waals surface area contributed by atoms with Gasteiger partial charge in [0.1, 0.15) is 0 Å². The van der Waals surface area contributed by atoms with Crippen molar-refractivity contribution in [2.24, 2.45) is 7.05 Å². The number of nitrogens with zero attached hydrogens (tertiary/aromatic N) is 3. The second-order valence-electron chi connectivity index (χ2n) is 5.89. The lowest BCUT2D eigenvalue weighted by molar-refractivity contribution is -0.137. The van der Waals surface area contributed by atoms with Crippen LogP contribution in [0.1, 0.15) is 33.9 Å². The summed E-state index contributed by atoms with van der Waals surface area (Å²) in [4.78, 5) is 14.1. The fourth-order valence-corrected chi connectivity index (χ4v) is 2.95. The highest BCUT2D eigenvalue weighted by atomic mass is 19.4. The summed E-state index contributed by atoms with van der Waals surface area (Å²) in [6.07, 6.45) is -1.83. The molecule has 0 aliphatic carbocycles. The van der Waals surface area contributed by atoms with Crippen LogP contribution in [0, 0.1) is 0 Å². The molecule has 2 heterocycles. The first-order valence-corrected chi connectivity index (χ1v) is 7.40. The zero-order valence-corrected chi connectivity index (χ0v) is 12.9. The zero-order valence-electron chi connectivity index (χ0n) is 12.9. The van der Waals surface area contributed by atoms with Crippen LogP contribution < -0.4 is 0 Å². The lowest BCUT2D eigenvalue weighted by atomic mass is 10.0. The number of amides is 1. The Bertz CT molecular complexity index is 740. The number of hydrogen-bond acceptors (Lipinski definition) is 3. The van der Waals surface area contributed by atoms with Crippen molar-refractivity contribution in [1.29, 1.82) is 0 Å². The van der Waals surface area contributed by atoms with E-state index in [1.807, 2.05) is 0 Å². The summed E-state index contributed by atoms with van der Waals surface area (Å²) < 4.78 is 39.5. The summed E-state index contributed by atoms with van der Waals surface area (Å²) in [5.41, 5.74) is 0.204. The molecule has 2 unspecified atom stereocenters. The van der Waals surface area contributed by atoms with E-state index in [0.29, 0.717) is 11.1 Å². The summed E-state index contributed by atoms with van der Waals surface area (Å²) in [6, 6.07) is 4.24. The second-order valence-corrected chi connectivity index (χ2v) is 5.89. The first-order valence-electron chi connectivity index (χ1n) is 7.40. The van der Waals surface area contributed by atoms with Gasteiger partial charge in [-0.15, -0.1) is 0 Å². The molecule has 1 aromatic carbocycles. The van der Waals surface area contributed by atoms with Gasteiger partial charge in [0, 0.05) is 19.8 Å². The Kier molecular flexibility index (Phi) is 4.08. The Labute approximate surface area is 136 Å². The van der Waals surface area contributed by atoms with E-state index in [9.17, 15) is 23.1 Å². The van der Waals surface area contributed by atoms with E-state index in [1.54, 1.807) is 13.2 Å². The van der Waals surface area contributed by atoms with Crippen molar-refractivity contribution in [1.82, 2.24) is 14.7 Å². The highest BCUT2D eigenvalue weighted by molar-refractivity contribution is 5.94. The minimum absolute atomic E-state index is 0.138. The van der Waals surface area contributed by atoms with Crippen molar-refractivity contribution >= 4 is 5.91 Å². The summed E-state index contributed by atoms with van der Waals surface area (Å²) in [7, 11) is 1.68. The van der Waals surface area contributed by atoms with Crippen LogP contribution in [0.25, 0.3) is 0 Å². The number of β-amino-alcohol motifs (C(OH)–C–C–N with tert-alkyl or cyclic N) is 1. The molecular formula is C16H16F3N3O2. The van der Waals surface area contributed by atoms with E-state index < -0.39 is 23.9 Å². The summed E-state index contributed by atoms with van der Waals surface area (Å²) in [5.74, 6) is -0.301. The largest absolute Gasteiger partial charge is 0.416 e. The Hall–Kier alpha value is -2.35. The van der Waals surface area contributed by atoms with Gasteiger partial charge in [0.15, 0.2) is 0 Å². The van der Waals surface area contributed by atoms with Crippen LogP contribution in [0.5, 0.6) is 0 Å². The maximum absolute atomic E-state index is 12.7. The molecular weight excluding hydrogens is 323 g/mol. The van der Waals surface area contributed by atoms with Crippen LogP contribution >= 0.6 is 0 Å². The number of likely N-dealkylation sites (tertiary alicyclic amines) is 1. The molecule has 24 heavy (non-hydrogen) atoms. The molecule has 1 amide bonds. The molecule has 3 rings (SSSR count). The Morgan fingerprint density at radius 3 is 2.50 bits per heavy atom. The summed E-state index contributed by atoms with van der Waals surface area (Å²) >= 11 is 0. The van der Waals surface area contributed by atoms with Crippen molar-refractivity contribution in [3.8, 4) is 0 Å². The van der Waals surface area contributed by atoms with Gasteiger partial charge < -0.3 is 10.0 Å². The average Bonchev–Trinajstić information content (AvgIpc) is 3.12. The van der Waals surface area contributed by atoms with Gasteiger partial charge in [0.05, 0.1) is 29.5 Å². The van der Waals surface area contributed by atoms with Crippen molar-refractivity contribution in [2.75, 3.05) is 6.54 Å². The number of alkyl halides is 3. The number of halogens is 3. The maximum Gasteiger partial charge on any atom is 0.416 e. The molecule has 2 atom stereocenters. The molecule has 128 valence electrons. The molecule has 0 bridgehead atoms. The van der Waals surface area contributed by atoms with Crippen LogP contribution in [-0.4, -0.2) is 38.3 Å². The van der Waals surface area contributed by atoms with Gasteiger partial charge in [-0.1, -0.05) is 12.1 Å². The van der Waals surface area contributed by atoms with Crippen LogP contribution in [0.3, 0.4) is 0 Å². The van der Waals surface area contributed by atoms with E-state index >= 15 is 0 Å². The molecule has 1 saturated heterocycles. The van der Waals surface area contributed by atoms with E-state index in [1.165, 1.54) is 27.9 Å². The SMILES string of the molecule is Cn1cc(C(=O)N2CC(O)CC2c2ccc(C(F)(F)F)cc2)cn1. The molecule has 0 spiro atoms. The predicted octanol–water partition coefficient (Wildman–Crippen LogP) is 2.39. The van der Waals surface area contributed by atoms with Crippen molar-refractivity contribution in [3.63, 3.8) is 0 Å². The van der Waals surface area contributed by atoms with Crippen LogP contribution in [0.4, 0.5) is 13.2 Å². The predicted molar refractivity (Wildman–Crippen MR) is 79.1 cm³/mol. The minimum atomic E-state index is -4.40. The second kappa shape index (κ2) is 5.94. The molecule has 0 radical (unpaired) electrons. The fraction of sp³-hybridized carbons (Fsp3) is 0.375. The number of hydrogen-bond donors (Lipinski definition) is 1. The topological polar surface area (TPSA) is 58.4 Å². The number of carbonyl (C=O) groups excluding carboxylic acids is 1. The smallest absolute Gasteiger partial charge is 0.391 e. The third kappa shape index (κ3) is 3.14. The van der Waals surface area contributed by atoms with E-state index in [2.05, 4.69) is 5.10 Å². The first-order chi connectivity index (χ1) is 11.3. The Balaban J connectivity index is 1.86. The molecule has 8 heteroatoms. The van der Waals surface area contributed by atoms with Gasteiger partial charge in [-0.3, -0.25) is 9.48 Å². The molecule has 5 nitrogen and oxygen atoms in total. The Morgan fingerprint density at radius 1 is 1.29 bits per heavy atom. The Morgan fingerprint density at radius 2 is 1.96 bits per heavy atom. The van der Waals surface area contributed by atoms with Gasteiger partial charge >= 0.3 is 6.18 Å². The molecule has 1 fully saturated rings. The van der Waals surface area contributed by atoms with Crippen LogP contribution in [-0.2, 0) is 13.2 Å². The third-order valence-electron chi connectivity index (χ3n) is 4.11. The van der Waals surface area contributed by atoms with E-state index in [-0.39, 0.29) is 18.9 Å². The average molecular weight is 339 g/mol. The lowest BCUT2D eigenvalue weighted by Crippen LogP contribution is -2.31. The number of aliphatic hydroxyl groups excluding tert-OH is 1. The van der Waals surface area contributed by atoms with Gasteiger partial charge in [0.25, 0.3) is 5.91 Å². The van der Waals surface area contributed by atoms with Crippen molar-refractivity contribution < 1.29 is 23.1 Å². The van der Waals surface area contributed by atoms with Crippen LogP contribution in [0.15, 0.2) is 36.7 Å². The van der Waals surface area contributed by atoms with E-state index in [4.69, 9.17) is 0 Å². The van der Waals surface area contributed by atoms with Gasteiger partial charge in [-0.2, -0.15) is 18.3 Å². The van der Waals surface area contributed by atoms with Crippen molar-refractivity contribution in [2.45, 2.75) is 24.7 Å². The molecule has 1 aliphatic rings. The normalized spacial score (nSPS) is 21.3. The van der Waals surface area contributed by atoms with Crippen LogP contribution in [0.2, 0.25) is 0 Å². The molecule has 1 aliphatic heterocycles. The first kappa shape index (κ1) is 16.5. The number of aryl methyl sites for hydroxylation is 1. The lowest BCUT2D eigenvalue weighted by Gasteiger charge is -2.24. The molecule has 2 aromatic rings. The number of aliphatic hydroxyl groups is 1. The van der Waals surface area contributed by atoms with Gasteiger partial charge in [0.2, 0.25) is 0 Å². The van der Waals surface area contributed by atoms with Crippen molar-refractivity contribution in [3.05, 3.63) is 53.3 Å². The highest BCUT2D eigenvalue weighted by Crippen LogP contribution is 2.35. The number of rotatable bonds is 2. The summed E-state index contributed by atoms with van der Waals surface area (Å²) in [6.45, 7) is 0.138. The number of benzene rings is 1. The van der Waals surface area contributed by atoms with Gasteiger partial charge in [-0.25, -0.2) is 0 Å². The standard InChI is InChI=1S/C16H16F3N3O2/c1-21-8-11(7-20-21)15(24)22-9-13(23)6-14(22)10-2-4-12(5-3-10)16(17,18)19/h2-5,7-8,13-14,23H,6,9H2,1H3. The number of aromatic nitrogens is 2. The molecule has 1 N–H and O–H groups in total. The number of carbonyl (C=O) groups is 1. The van der Waals surface area contributed by atoms with Gasteiger partial charge in [-0.05, 0) is 24.1 Å². The minimum Gasteiger partial charge on any atom is -0.391 e. The monoisotopic (exact) mass is 339 g/mol. The fourth-order valence-electron chi connectivity index (χ4n) is 2.95. The zero-order chi connectivity index (χ0) is 17.5. The highest BCUT2D eigenvalue weighted by Gasteiger charge is 2.37. The third-order valence-corrected chi connectivity index (χ3v) is 4.11. The molecule has 0 saturated carbocycles. The summed E-state index contributed by atoms with van der Waals surface area (Å²) in [5, 5.41) is 13.9.